The van der Waals surface area contributed by atoms with Crippen molar-refractivity contribution in [2.24, 2.45) is 0 Å². The van der Waals surface area contributed by atoms with E-state index in [4.69, 9.17) is 0 Å². The highest BCUT2D eigenvalue weighted by atomic mass is 32.2. The maximum atomic E-state index is 12.2. The molecule has 4 nitrogen and oxygen atoms in total. The highest BCUT2D eigenvalue weighted by Crippen LogP contribution is 2.25. The molecule has 0 saturated heterocycles. The van der Waals surface area contributed by atoms with Crippen LogP contribution in [0.5, 0.6) is 0 Å². The minimum Gasteiger partial charge on any atom is -0.352 e. The van der Waals surface area contributed by atoms with Crippen molar-refractivity contribution in [3.63, 3.8) is 0 Å². The van der Waals surface area contributed by atoms with Gasteiger partial charge in [0.25, 0.3) is 5.91 Å². The molecule has 0 aliphatic carbocycles. The molecule has 0 radical (unpaired) electrons. The fraction of sp³-hybridized carbons (Fsp3) is 0.333. The topological polar surface area (TPSA) is 58.2 Å². The molecule has 0 unspecified atom stereocenters. The first-order chi connectivity index (χ1) is 13.9. The number of allylic oxidation sites excluding steroid dienone is 1. The lowest BCUT2D eigenvalue weighted by Crippen LogP contribution is -2.25. The van der Waals surface area contributed by atoms with Crippen molar-refractivity contribution < 1.29 is 9.59 Å². The Bertz CT molecular complexity index is 840. The zero-order chi connectivity index (χ0) is 21.2. The Morgan fingerprint density at radius 1 is 1.00 bits per heavy atom. The largest absolute Gasteiger partial charge is 0.352 e. The van der Waals surface area contributed by atoms with E-state index in [2.05, 4.69) is 30.6 Å². The van der Waals surface area contributed by atoms with Crippen LogP contribution in [0.3, 0.4) is 0 Å². The summed E-state index contributed by atoms with van der Waals surface area (Å²) in [6.45, 7) is 6.73. The van der Waals surface area contributed by atoms with Crippen molar-refractivity contribution >= 4 is 34.2 Å². The van der Waals surface area contributed by atoms with E-state index in [0.29, 0.717) is 30.9 Å². The molecular weight excluding hydrogens is 380 g/mol. The summed E-state index contributed by atoms with van der Waals surface area (Å²) >= 11 is 1.70. The molecule has 29 heavy (non-hydrogen) atoms. The van der Waals surface area contributed by atoms with Gasteiger partial charge in [-0.3, -0.25) is 9.59 Å². The number of carbonyl (C=O) groups is 2. The summed E-state index contributed by atoms with van der Waals surface area (Å²) in [5, 5.41) is 5.77. The Labute approximate surface area is 178 Å². The number of thioether (sulfide) groups is 1. The van der Waals surface area contributed by atoms with Crippen LogP contribution >= 0.6 is 11.8 Å². The van der Waals surface area contributed by atoms with Crippen LogP contribution in [0, 0.1) is 0 Å². The molecule has 2 N–H and O–H groups in total. The Hall–Kier alpha value is -2.53. The first-order valence-electron chi connectivity index (χ1n) is 9.93. The molecule has 0 saturated carbocycles. The van der Waals surface area contributed by atoms with Crippen LogP contribution < -0.4 is 10.6 Å². The number of amides is 2. The third-order valence-corrected chi connectivity index (χ3v) is 5.55. The van der Waals surface area contributed by atoms with E-state index < -0.39 is 0 Å². The molecule has 0 atom stereocenters. The van der Waals surface area contributed by atoms with Crippen LogP contribution in [0.15, 0.2) is 54.6 Å². The third kappa shape index (κ3) is 7.09. The van der Waals surface area contributed by atoms with Gasteiger partial charge in [-0.05, 0) is 60.9 Å². The molecule has 0 aliphatic heterocycles. The summed E-state index contributed by atoms with van der Waals surface area (Å²) in [7, 11) is 0. The van der Waals surface area contributed by atoms with Crippen LogP contribution in [0.2, 0.25) is 0 Å². The van der Waals surface area contributed by atoms with Crippen molar-refractivity contribution in [2.75, 3.05) is 18.1 Å². The van der Waals surface area contributed by atoms with Crippen LogP contribution in [-0.4, -0.2) is 24.6 Å². The van der Waals surface area contributed by atoms with Crippen molar-refractivity contribution in [3.05, 3.63) is 71.3 Å². The number of rotatable bonds is 9. The standard InChI is InChI=1S/C24H30N2O2S/c1-5-22(29-4)19-12-14-21(15-13-19)26-23(27)7-6-16-25-24(28)20-10-8-18(9-11-20)17(2)3/h5,8-15,17H,6-7,16H2,1-4H3,(H,25,28)(H,26,27)/b22-5+. The highest BCUT2D eigenvalue weighted by Gasteiger charge is 2.07. The van der Waals surface area contributed by atoms with E-state index in [0.717, 1.165) is 11.3 Å². The smallest absolute Gasteiger partial charge is 0.251 e. The molecule has 2 aromatic rings. The van der Waals surface area contributed by atoms with Gasteiger partial charge in [-0.15, -0.1) is 11.8 Å². The maximum Gasteiger partial charge on any atom is 0.251 e. The van der Waals surface area contributed by atoms with Crippen LogP contribution in [0.1, 0.15) is 61.0 Å². The molecule has 2 rings (SSSR count). The monoisotopic (exact) mass is 410 g/mol. The van der Waals surface area contributed by atoms with E-state index in [1.54, 1.807) is 11.8 Å². The molecule has 0 spiro atoms. The summed E-state index contributed by atoms with van der Waals surface area (Å²) in [6, 6.07) is 15.5. The molecule has 5 heteroatoms. The van der Waals surface area contributed by atoms with E-state index in [9.17, 15) is 9.59 Å². The van der Waals surface area contributed by atoms with E-state index in [1.807, 2.05) is 61.7 Å². The minimum absolute atomic E-state index is 0.0515. The van der Waals surface area contributed by atoms with Gasteiger partial charge in [0.1, 0.15) is 0 Å². The van der Waals surface area contributed by atoms with Crippen LogP contribution in [0.4, 0.5) is 5.69 Å². The van der Waals surface area contributed by atoms with Gasteiger partial charge in [-0.2, -0.15) is 0 Å². The quantitative estimate of drug-likeness (QED) is 0.523. The lowest BCUT2D eigenvalue weighted by molar-refractivity contribution is -0.116. The molecule has 0 fully saturated rings. The predicted molar refractivity (Wildman–Crippen MR) is 124 cm³/mol. The third-order valence-electron chi connectivity index (χ3n) is 4.64. The van der Waals surface area contributed by atoms with Gasteiger partial charge < -0.3 is 10.6 Å². The average molecular weight is 411 g/mol. The molecular formula is C24H30N2O2S. The second-order valence-corrected chi connectivity index (χ2v) is 7.97. The normalized spacial score (nSPS) is 11.4. The van der Waals surface area contributed by atoms with Gasteiger partial charge in [0.2, 0.25) is 5.91 Å². The Kier molecular flexibility index (Phi) is 9.00. The first-order valence-corrected chi connectivity index (χ1v) is 11.2. The number of anilines is 1. The van der Waals surface area contributed by atoms with Gasteiger partial charge in [0.05, 0.1) is 0 Å². The SMILES string of the molecule is C/C=C(/SC)c1ccc(NC(=O)CCCNC(=O)c2ccc(C(C)C)cc2)cc1. The van der Waals surface area contributed by atoms with E-state index >= 15 is 0 Å². The van der Waals surface area contributed by atoms with Crippen molar-refractivity contribution in [2.45, 2.75) is 39.5 Å². The lowest BCUT2D eigenvalue weighted by atomic mass is 10.0. The molecule has 0 bridgehead atoms. The van der Waals surface area contributed by atoms with Crippen molar-refractivity contribution in [3.8, 4) is 0 Å². The first kappa shape index (κ1) is 22.8. The summed E-state index contributed by atoms with van der Waals surface area (Å²) in [6.07, 6.45) is 5.07. The predicted octanol–water partition coefficient (Wildman–Crippen LogP) is 5.68. The van der Waals surface area contributed by atoms with Crippen molar-refractivity contribution in [1.82, 2.24) is 5.32 Å². The lowest BCUT2D eigenvalue weighted by Gasteiger charge is -2.09. The molecule has 2 amide bonds. The number of carbonyl (C=O) groups excluding carboxylic acids is 2. The van der Waals surface area contributed by atoms with Crippen molar-refractivity contribution in [1.29, 1.82) is 0 Å². The number of benzene rings is 2. The maximum absolute atomic E-state index is 12.2. The Balaban J connectivity index is 1.73. The van der Waals surface area contributed by atoms with Gasteiger partial charge in [0.15, 0.2) is 0 Å². The molecule has 0 heterocycles. The molecule has 154 valence electrons. The summed E-state index contributed by atoms with van der Waals surface area (Å²) in [5.74, 6) is 0.284. The average Bonchev–Trinajstić information content (AvgIpc) is 2.73. The zero-order valence-corrected chi connectivity index (χ0v) is 18.4. The summed E-state index contributed by atoms with van der Waals surface area (Å²) in [4.78, 5) is 25.5. The number of hydrogen-bond acceptors (Lipinski definition) is 3. The van der Waals surface area contributed by atoms with Crippen LogP contribution in [-0.2, 0) is 4.79 Å². The number of nitrogens with one attached hydrogen (secondary N) is 2. The van der Waals surface area contributed by atoms with Gasteiger partial charge in [-0.1, -0.05) is 44.2 Å². The Morgan fingerprint density at radius 2 is 1.62 bits per heavy atom. The molecule has 0 aromatic heterocycles. The second kappa shape index (κ2) is 11.5. The van der Waals surface area contributed by atoms with E-state index in [1.165, 1.54) is 10.5 Å². The minimum atomic E-state index is -0.107. The zero-order valence-electron chi connectivity index (χ0n) is 17.6. The summed E-state index contributed by atoms with van der Waals surface area (Å²) in [5.41, 5.74) is 3.78. The second-order valence-electron chi connectivity index (χ2n) is 7.12. The van der Waals surface area contributed by atoms with Gasteiger partial charge in [-0.25, -0.2) is 0 Å². The fourth-order valence-corrected chi connectivity index (χ4v) is 3.52. The van der Waals surface area contributed by atoms with Crippen LogP contribution in [0.25, 0.3) is 4.91 Å². The Morgan fingerprint density at radius 3 is 2.17 bits per heavy atom. The molecule has 0 aliphatic rings. The number of hydrogen-bond donors (Lipinski definition) is 2. The van der Waals surface area contributed by atoms with Gasteiger partial charge in [0, 0.05) is 29.1 Å². The van der Waals surface area contributed by atoms with Gasteiger partial charge >= 0.3 is 0 Å². The summed E-state index contributed by atoms with van der Waals surface area (Å²) < 4.78 is 0. The molecule has 2 aromatic carbocycles. The highest BCUT2D eigenvalue weighted by molar-refractivity contribution is 8.07. The fourth-order valence-electron chi connectivity index (χ4n) is 2.92. The van der Waals surface area contributed by atoms with E-state index in [-0.39, 0.29) is 11.8 Å².